The molecule has 7 aromatic carbocycles. The third-order valence-electron chi connectivity index (χ3n) is 9.84. The SMILES string of the molecule is c1ccc(-c2nc(-c3ccccc3)nc(-c3cc(-n4c5ccccc5c5ccc6c7ccccc7sc6c54)c4c(c3)sc3ccccc34)n2)cc1. The highest BCUT2D eigenvalue weighted by atomic mass is 32.1. The summed E-state index contributed by atoms with van der Waals surface area (Å²) in [5.74, 6) is 1.96. The quantitative estimate of drug-likeness (QED) is 0.185. The van der Waals surface area contributed by atoms with Gasteiger partial charge in [-0.25, -0.2) is 15.0 Å². The van der Waals surface area contributed by atoms with Crippen molar-refractivity contribution in [1.82, 2.24) is 19.5 Å². The van der Waals surface area contributed by atoms with Crippen LogP contribution in [0, 0.1) is 0 Å². The summed E-state index contributed by atoms with van der Waals surface area (Å²) in [5.41, 5.74) is 6.40. The second-order valence-electron chi connectivity index (χ2n) is 12.8. The van der Waals surface area contributed by atoms with E-state index in [1.54, 1.807) is 0 Å². The first-order chi connectivity index (χ1) is 25.3. The predicted octanol–water partition coefficient (Wildman–Crippen LogP) is 12.7. The van der Waals surface area contributed by atoms with Crippen LogP contribution in [0.5, 0.6) is 0 Å². The maximum Gasteiger partial charge on any atom is 0.164 e. The number of para-hydroxylation sites is 1. The molecule has 11 rings (SSSR count). The summed E-state index contributed by atoms with van der Waals surface area (Å²) >= 11 is 3.69. The van der Waals surface area contributed by atoms with Crippen LogP contribution >= 0.6 is 22.7 Å². The lowest BCUT2D eigenvalue weighted by Gasteiger charge is -2.14. The Balaban J connectivity index is 1.28. The number of aromatic nitrogens is 4. The van der Waals surface area contributed by atoms with E-state index in [9.17, 15) is 0 Å². The molecule has 51 heavy (non-hydrogen) atoms. The molecule has 4 heterocycles. The molecule has 238 valence electrons. The van der Waals surface area contributed by atoms with E-state index in [2.05, 4.69) is 126 Å². The highest BCUT2D eigenvalue weighted by Crippen LogP contribution is 2.46. The summed E-state index contributed by atoms with van der Waals surface area (Å²) in [7, 11) is 0. The van der Waals surface area contributed by atoms with Gasteiger partial charge in [0.15, 0.2) is 17.5 Å². The number of rotatable bonds is 4. The van der Waals surface area contributed by atoms with Crippen LogP contribution in [0.3, 0.4) is 0 Å². The van der Waals surface area contributed by atoms with Crippen LogP contribution in [0.25, 0.3) is 102 Å². The lowest BCUT2D eigenvalue weighted by molar-refractivity contribution is 1.07. The van der Waals surface area contributed by atoms with Gasteiger partial charge >= 0.3 is 0 Å². The molecule has 0 saturated carbocycles. The third-order valence-corrected chi connectivity index (χ3v) is 12.1. The first-order valence-corrected chi connectivity index (χ1v) is 18.6. The largest absolute Gasteiger partial charge is 0.307 e. The van der Waals surface area contributed by atoms with Crippen molar-refractivity contribution in [3.63, 3.8) is 0 Å². The lowest BCUT2D eigenvalue weighted by atomic mass is 10.1. The van der Waals surface area contributed by atoms with Gasteiger partial charge in [0.05, 0.1) is 21.4 Å². The molecule has 0 atom stereocenters. The second-order valence-corrected chi connectivity index (χ2v) is 14.9. The summed E-state index contributed by atoms with van der Waals surface area (Å²) in [6.07, 6.45) is 0. The Morgan fingerprint density at radius 1 is 0.392 bits per heavy atom. The van der Waals surface area contributed by atoms with E-state index in [4.69, 9.17) is 15.0 Å². The molecule has 4 aromatic heterocycles. The molecule has 0 aliphatic rings. The van der Waals surface area contributed by atoms with Gasteiger partial charge in [0.1, 0.15) is 0 Å². The molecule has 4 nitrogen and oxygen atoms in total. The standard InChI is InChI=1S/C45H26N4S2/c1-3-13-27(14-4-1)43-46-44(28-15-5-2-6-16-28)48-45(47-43)29-25-36(40-34-19-9-12-22-38(34)50-39(40)26-29)49-35-20-10-7-17-30(35)32-23-24-33-31-18-8-11-21-37(31)51-42(33)41(32)49/h1-26H. The maximum atomic E-state index is 5.16. The van der Waals surface area contributed by atoms with Crippen LogP contribution in [-0.2, 0) is 0 Å². The fraction of sp³-hybridized carbons (Fsp3) is 0. The topological polar surface area (TPSA) is 43.6 Å². The highest BCUT2D eigenvalue weighted by Gasteiger charge is 2.22. The van der Waals surface area contributed by atoms with Gasteiger partial charge in [-0.15, -0.1) is 22.7 Å². The zero-order valence-corrected chi connectivity index (χ0v) is 28.7. The molecule has 0 fully saturated rings. The van der Waals surface area contributed by atoms with Gasteiger partial charge in [-0.1, -0.05) is 127 Å². The normalized spacial score (nSPS) is 11.9. The van der Waals surface area contributed by atoms with E-state index in [-0.39, 0.29) is 0 Å². The maximum absolute atomic E-state index is 5.16. The smallest absolute Gasteiger partial charge is 0.164 e. The van der Waals surface area contributed by atoms with Crippen molar-refractivity contribution in [2.24, 2.45) is 0 Å². The summed E-state index contributed by atoms with van der Waals surface area (Å²) < 4.78 is 7.54. The number of hydrogen-bond acceptors (Lipinski definition) is 5. The molecule has 0 spiro atoms. The number of thiophene rings is 2. The fourth-order valence-electron chi connectivity index (χ4n) is 7.56. The second kappa shape index (κ2) is 11.2. The zero-order chi connectivity index (χ0) is 33.5. The van der Waals surface area contributed by atoms with Crippen molar-refractivity contribution in [3.05, 3.63) is 158 Å². The number of hydrogen-bond donors (Lipinski definition) is 0. The van der Waals surface area contributed by atoms with E-state index >= 15 is 0 Å². The average molecular weight is 687 g/mol. The molecule has 0 bridgehead atoms. The van der Waals surface area contributed by atoms with Gasteiger partial charge in [0, 0.05) is 63.1 Å². The van der Waals surface area contributed by atoms with Crippen LogP contribution in [0.2, 0.25) is 0 Å². The zero-order valence-electron chi connectivity index (χ0n) is 27.1. The monoisotopic (exact) mass is 686 g/mol. The van der Waals surface area contributed by atoms with E-state index in [0.717, 1.165) is 22.4 Å². The molecule has 11 aromatic rings. The Hall–Kier alpha value is -6.21. The minimum atomic E-state index is 0.649. The van der Waals surface area contributed by atoms with Crippen molar-refractivity contribution < 1.29 is 0 Å². The molecular weight excluding hydrogens is 661 g/mol. The number of fused-ring (bicyclic) bond motifs is 10. The van der Waals surface area contributed by atoms with E-state index in [1.165, 1.54) is 62.2 Å². The molecule has 0 aliphatic carbocycles. The number of benzene rings is 7. The molecule has 6 heteroatoms. The highest BCUT2D eigenvalue weighted by molar-refractivity contribution is 7.27. The molecule has 0 amide bonds. The van der Waals surface area contributed by atoms with E-state index < -0.39 is 0 Å². The molecule has 0 saturated heterocycles. The third kappa shape index (κ3) is 4.40. The Bertz CT molecular complexity index is 3080. The van der Waals surface area contributed by atoms with Gasteiger partial charge in [-0.3, -0.25) is 0 Å². The van der Waals surface area contributed by atoms with Gasteiger partial charge in [0.25, 0.3) is 0 Å². The van der Waals surface area contributed by atoms with Crippen LogP contribution < -0.4 is 0 Å². The summed E-state index contributed by atoms with van der Waals surface area (Å²) in [4.78, 5) is 15.3. The van der Waals surface area contributed by atoms with Crippen LogP contribution in [-0.4, -0.2) is 19.5 Å². The van der Waals surface area contributed by atoms with Crippen LogP contribution in [0.15, 0.2) is 158 Å². The first-order valence-electron chi connectivity index (χ1n) is 16.9. The Kier molecular flexibility index (Phi) is 6.26. The van der Waals surface area contributed by atoms with Gasteiger partial charge in [-0.2, -0.15) is 0 Å². The van der Waals surface area contributed by atoms with Gasteiger partial charge < -0.3 is 4.57 Å². The summed E-state index contributed by atoms with van der Waals surface area (Å²) in [6, 6.07) is 55.9. The van der Waals surface area contributed by atoms with E-state index in [0.29, 0.717) is 17.5 Å². The predicted molar refractivity (Wildman–Crippen MR) is 216 cm³/mol. The van der Waals surface area contributed by atoms with Crippen molar-refractivity contribution in [3.8, 4) is 39.9 Å². The van der Waals surface area contributed by atoms with E-state index in [1.807, 2.05) is 59.1 Å². The van der Waals surface area contributed by atoms with Gasteiger partial charge in [-0.05, 0) is 30.3 Å². The number of nitrogens with zero attached hydrogens (tertiary/aromatic N) is 4. The van der Waals surface area contributed by atoms with Crippen LogP contribution in [0.4, 0.5) is 0 Å². The van der Waals surface area contributed by atoms with Crippen molar-refractivity contribution >= 4 is 84.8 Å². The lowest BCUT2D eigenvalue weighted by Crippen LogP contribution is -2.01. The fourth-order valence-corrected chi connectivity index (χ4v) is 9.96. The molecule has 0 aliphatic heterocycles. The molecule has 0 N–H and O–H groups in total. The van der Waals surface area contributed by atoms with Crippen molar-refractivity contribution in [2.75, 3.05) is 0 Å². The minimum Gasteiger partial charge on any atom is -0.307 e. The van der Waals surface area contributed by atoms with Crippen molar-refractivity contribution in [2.45, 2.75) is 0 Å². The molecule has 0 unspecified atom stereocenters. The summed E-state index contributed by atoms with van der Waals surface area (Å²) in [6.45, 7) is 0. The van der Waals surface area contributed by atoms with Gasteiger partial charge in [0.2, 0.25) is 0 Å². The molecular formula is C45H26N4S2. The Labute approximate surface area is 300 Å². The Morgan fingerprint density at radius 2 is 0.941 bits per heavy atom. The first kappa shape index (κ1) is 28.6. The minimum absolute atomic E-state index is 0.649. The van der Waals surface area contributed by atoms with Crippen LogP contribution in [0.1, 0.15) is 0 Å². The Morgan fingerprint density at radius 3 is 1.65 bits per heavy atom. The molecule has 0 radical (unpaired) electrons. The van der Waals surface area contributed by atoms with Crippen molar-refractivity contribution in [1.29, 1.82) is 0 Å². The summed E-state index contributed by atoms with van der Waals surface area (Å²) in [5, 5.41) is 7.55. The average Bonchev–Trinajstić information content (AvgIpc) is 3.88.